The molecule has 2 atom stereocenters. The molecule has 1 aromatic carbocycles. The minimum Gasteiger partial charge on any atom is -0.385 e. The summed E-state index contributed by atoms with van der Waals surface area (Å²) in [6.07, 6.45) is 1.70. The first-order chi connectivity index (χ1) is 7.99. The van der Waals surface area contributed by atoms with Crippen molar-refractivity contribution >= 4 is 0 Å². The quantitative estimate of drug-likeness (QED) is 0.858. The Hall–Kier alpha value is -0.930. The first-order valence-corrected chi connectivity index (χ1v) is 6.10. The van der Waals surface area contributed by atoms with Crippen LogP contribution < -0.4 is 0 Å². The highest BCUT2D eigenvalue weighted by Gasteiger charge is 2.43. The fourth-order valence-corrected chi connectivity index (χ4v) is 2.52. The molecule has 1 N–H and O–H groups in total. The SMILES string of the molecule is CCC1(C)CC(O)(c2ccccc2F)CCO1. The van der Waals surface area contributed by atoms with Crippen molar-refractivity contribution in [3.05, 3.63) is 35.6 Å². The molecule has 1 saturated heterocycles. The van der Waals surface area contributed by atoms with Crippen LogP contribution in [-0.2, 0) is 10.3 Å². The van der Waals surface area contributed by atoms with Gasteiger partial charge in [0, 0.05) is 18.4 Å². The maximum Gasteiger partial charge on any atom is 0.129 e. The summed E-state index contributed by atoms with van der Waals surface area (Å²) in [5.41, 5.74) is -1.08. The Morgan fingerprint density at radius 2 is 2.12 bits per heavy atom. The van der Waals surface area contributed by atoms with Gasteiger partial charge in [-0.25, -0.2) is 4.39 Å². The van der Waals surface area contributed by atoms with Gasteiger partial charge in [-0.15, -0.1) is 0 Å². The molecule has 2 nitrogen and oxygen atoms in total. The lowest BCUT2D eigenvalue weighted by Crippen LogP contribution is -2.45. The zero-order chi connectivity index (χ0) is 12.5. The van der Waals surface area contributed by atoms with E-state index < -0.39 is 5.60 Å². The number of ether oxygens (including phenoxy) is 1. The van der Waals surface area contributed by atoms with E-state index in [1.807, 2.05) is 13.8 Å². The van der Waals surface area contributed by atoms with E-state index in [0.717, 1.165) is 6.42 Å². The molecule has 2 rings (SSSR count). The molecule has 1 fully saturated rings. The predicted molar refractivity (Wildman–Crippen MR) is 64.2 cm³/mol. The smallest absolute Gasteiger partial charge is 0.129 e. The van der Waals surface area contributed by atoms with Crippen molar-refractivity contribution in [1.82, 2.24) is 0 Å². The largest absolute Gasteiger partial charge is 0.385 e. The number of hydrogen-bond acceptors (Lipinski definition) is 2. The van der Waals surface area contributed by atoms with Crippen molar-refractivity contribution < 1.29 is 14.2 Å². The first-order valence-electron chi connectivity index (χ1n) is 6.10. The van der Waals surface area contributed by atoms with Crippen LogP contribution in [0.1, 0.15) is 38.7 Å². The maximum absolute atomic E-state index is 13.8. The molecule has 1 aliphatic rings. The highest BCUT2D eigenvalue weighted by atomic mass is 19.1. The molecule has 94 valence electrons. The van der Waals surface area contributed by atoms with Crippen LogP contribution in [-0.4, -0.2) is 17.3 Å². The van der Waals surface area contributed by atoms with E-state index >= 15 is 0 Å². The summed E-state index contributed by atoms with van der Waals surface area (Å²) >= 11 is 0. The van der Waals surface area contributed by atoms with Crippen LogP contribution in [0.25, 0.3) is 0 Å². The molecule has 0 saturated carbocycles. The van der Waals surface area contributed by atoms with E-state index in [4.69, 9.17) is 4.74 Å². The Labute approximate surface area is 101 Å². The summed E-state index contributed by atoms with van der Waals surface area (Å²) in [5.74, 6) is -0.338. The summed E-state index contributed by atoms with van der Waals surface area (Å²) in [5, 5.41) is 10.7. The van der Waals surface area contributed by atoms with Crippen molar-refractivity contribution in [1.29, 1.82) is 0 Å². The molecular weight excluding hydrogens is 219 g/mol. The molecule has 0 spiro atoms. The number of halogens is 1. The second-order valence-corrected chi connectivity index (χ2v) is 5.09. The Kier molecular flexibility index (Phi) is 3.23. The van der Waals surface area contributed by atoms with E-state index in [1.165, 1.54) is 6.07 Å². The topological polar surface area (TPSA) is 29.5 Å². The third kappa shape index (κ3) is 2.35. The van der Waals surface area contributed by atoms with Gasteiger partial charge in [0.25, 0.3) is 0 Å². The minimum atomic E-state index is -1.10. The summed E-state index contributed by atoms with van der Waals surface area (Å²) in [6, 6.07) is 6.46. The van der Waals surface area contributed by atoms with Gasteiger partial charge in [-0.05, 0) is 19.4 Å². The predicted octanol–water partition coefficient (Wildman–Crippen LogP) is 2.99. The lowest BCUT2D eigenvalue weighted by atomic mass is 9.77. The second kappa shape index (κ2) is 4.39. The zero-order valence-electron chi connectivity index (χ0n) is 10.4. The van der Waals surface area contributed by atoms with Gasteiger partial charge in [-0.2, -0.15) is 0 Å². The van der Waals surface area contributed by atoms with Crippen LogP contribution in [0, 0.1) is 5.82 Å². The molecule has 0 amide bonds. The van der Waals surface area contributed by atoms with Gasteiger partial charge < -0.3 is 9.84 Å². The van der Waals surface area contributed by atoms with Gasteiger partial charge >= 0.3 is 0 Å². The van der Waals surface area contributed by atoms with Gasteiger partial charge in [0.1, 0.15) is 5.82 Å². The van der Waals surface area contributed by atoms with Crippen molar-refractivity contribution in [3.8, 4) is 0 Å². The molecule has 0 bridgehead atoms. The van der Waals surface area contributed by atoms with Gasteiger partial charge in [0.2, 0.25) is 0 Å². The standard InChI is InChI=1S/C14H19FO2/c1-3-13(2)10-14(16,8-9-17-13)11-6-4-5-7-12(11)15/h4-7,16H,3,8-10H2,1-2H3. The lowest BCUT2D eigenvalue weighted by molar-refractivity contribution is -0.158. The van der Waals surface area contributed by atoms with Crippen LogP contribution in [0.4, 0.5) is 4.39 Å². The highest BCUT2D eigenvalue weighted by Crippen LogP contribution is 2.41. The van der Waals surface area contributed by atoms with E-state index in [1.54, 1.807) is 18.2 Å². The van der Waals surface area contributed by atoms with Crippen LogP contribution in [0.5, 0.6) is 0 Å². The number of hydrogen-bond donors (Lipinski definition) is 1. The molecule has 0 aromatic heterocycles. The van der Waals surface area contributed by atoms with Crippen molar-refractivity contribution in [2.45, 2.75) is 44.3 Å². The van der Waals surface area contributed by atoms with Gasteiger partial charge in [0.15, 0.2) is 0 Å². The average molecular weight is 238 g/mol. The third-order valence-electron chi connectivity index (χ3n) is 3.76. The molecule has 3 heteroatoms. The molecule has 1 aliphatic heterocycles. The summed E-state index contributed by atoms with van der Waals surface area (Å²) in [6.45, 7) is 4.46. The fraction of sp³-hybridized carbons (Fsp3) is 0.571. The molecule has 2 unspecified atom stereocenters. The van der Waals surface area contributed by atoms with E-state index in [2.05, 4.69) is 0 Å². The Morgan fingerprint density at radius 1 is 1.41 bits per heavy atom. The normalized spacial score (nSPS) is 33.6. The average Bonchev–Trinajstić information content (AvgIpc) is 2.29. The first kappa shape index (κ1) is 12.5. The van der Waals surface area contributed by atoms with Crippen molar-refractivity contribution in [2.24, 2.45) is 0 Å². The van der Waals surface area contributed by atoms with E-state index in [-0.39, 0.29) is 11.4 Å². The fourth-order valence-electron chi connectivity index (χ4n) is 2.52. The third-order valence-corrected chi connectivity index (χ3v) is 3.76. The molecule has 1 heterocycles. The van der Waals surface area contributed by atoms with Crippen LogP contribution in [0.2, 0.25) is 0 Å². The van der Waals surface area contributed by atoms with Gasteiger partial charge in [-0.3, -0.25) is 0 Å². The summed E-state index contributed by atoms with van der Waals surface area (Å²) in [4.78, 5) is 0. The van der Waals surface area contributed by atoms with Crippen molar-refractivity contribution in [3.63, 3.8) is 0 Å². The minimum absolute atomic E-state index is 0.338. The highest BCUT2D eigenvalue weighted by molar-refractivity contribution is 5.25. The Morgan fingerprint density at radius 3 is 2.76 bits per heavy atom. The monoisotopic (exact) mass is 238 g/mol. The van der Waals surface area contributed by atoms with Gasteiger partial charge in [-0.1, -0.05) is 25.1 Å². The molecule has 0 aliphatic carbocycles. The van der Waals surface area contributed by atoms with Crippen LogP contribution >= 0.6 is 0 Å². The number of benzene rings is 1. The Bertz CT molecular complexity index is 407. The number of aliphatic hydroxyl groups is 1. The molecular formula is C14H19FO2. The lowest BCUT2D eigenvalue weighted by Gasteiger charge is -2.43. The van der Waals surface area contributed by atoms with Crippen LogP contribution in [0.15, 0.2) is 24.3 Å². The van der Waals surface area contributed by atoms with E-state index in [9.17, 15) is 9.50 Å². The molecule has 1 aromatic rings. The van der Waals surface area contributed by atoms with E-state index in [0.29, 0.717) is 25.0 Å². The van der Waals surface area contributed by atoms with Crippen molar-refractivity contribution in [2.75, 3.05) is 6.61 Å². The second-order valence-electron chi connectivity index (χ2n) is 5.09. The van der Waals surface area contributed by atoms with Gasteiger partial charge in [0.05, 0.1) is 17.8 Å². The number of rotatable bonds is 2. The Balaban J connectivity index is 2.33. The maximum atomic E-state index is 13.8. The summed E-state index contributed by atoms with van der Waals surface area (Å²) < 4.78 is 19.5. The molecule has 17 heavy (non-hydrogen) atoms. The summed E-state index contributed by atoms with van der Waals surface area (Å²) in [7, 11) is 0. The molecule has 0 radical (unpaired) electrons. The van der Waals surface area contributed by atoms with Crippen LogP contribution in [0.3, 0.4) is 0 Å². The zero-order valence-corrected chi connectivity index (χ0v) is 10.4.